The van der Waals surface area contributed by atoms with Crippen molar-refractivity contribution in [2.24, 2.45) is 0 Å². The average molecular weight is 403 g/mol. The second kappa shape index (κ2) is 6.80. The van der Waals surface area contributed by atoms with Gasteiger partial charge < -0.3 is 0 Å². The second-order valence-corrected chi connectivity index (χ2v) is 9.93. The molecule has 0 spiro atoms. The van der Waals surface area contributed by atoms with E-state index in [4.69, 9.17) is 0 Å². The Morgan fingerprint density at radius 3 is 2.52 bits per heavy atom. The van der Waals surface area contributed by atoms with Crippen LogP contribution in [0, 0.1) is 0 Å². The van der Waals surface area contributed by atoms with Gasteiger partial charge in [0.05, 0.1) is 20.8 Å². The Bertz CT molecular complexity index is 1170. The van der Waals surface area contributed by atoms with E-state index in [1.54, 1.807) is 34.9 Å². The molecule has 1 aliphatic carbocycles. The van der Waals surface area contributed by atoms with Gasteiger partial charge in [0.15, 0.2) is 0 Å². The maximum Gasteiger partial charge on any atom is 0.308 e. The minimum atomic E-state index is -3.67. The molecular weight excluding hydrogens is 380 g/mol. The van der Waals surface area contributed by atoms with E-state index >= 15 is 0 Å². The van der Waals surface area contributed by atoms with Gasteiger partial charge in [0.2, 0.25) is 0 Å². The molecule has 1 aliphatic rings. The summed E-state index contributed by atoms with van der Waals surface area (Å²) in [5.74, 6) is 0. The Morgan fingerprint density at radius 2 is 1.78 bits per heavy atom. The number of nitrogens with one attached hydrogen (secondary N) is 1. The van der Waals surface area contributed by atoms with Gasteiger partial charge >= 0.3 is 4.87 Å². The molecule has 27 heavy (non-hydrogen) atoms. The van der Waals surface area contributed by atoms with E-state index < -0.39 is 10.0 Å². The Morgan fingerprint density at radius 1 is 1.04 bits per heavy atom. The van der Waals surface area contributed by atoms with Gasteiger partial charge in [0.1, 0.15) is 0 Å². The quantitative estimate of drug-likeness (QED) is 0.706. The minimum Gasteiger partial charge on any atom is -0.296 e. The normalized spacial score (nSPS) is 14.5. The first-order chi connectivity index (χ1) is 12.8. The Balaban J connectivity index is 1.67. The second-order valence-electron chi connectivity index (χ2n) is 7.26. The van der Waals surface area contributed by atoms with Crippen LogP contribution in [0.1, 0.15) is 43.9 Å². The molecule has 0 atom stereocenters. The summed E-state index contributed by atoms with van der Waals surface area (Å²) in [5, 5.41) is 0. The highest BCUT2D eigenvalue weighted by atomic mass is 32.2. The highest BCUT2D eigenvalue weighted by Crippen LogP contribution is 2.27. The largest absolute Gasteiger partial charge is 0.308 e. The molecule has 0 saturated heterocycles. The number of benzene rings is 2. The number of hydrogen-bond donors (Lipinski definition) is 1. The SMILES string of the molecule is CC(C)n1c(=O)sc2cc(NS(=O)(=O)c3ccc4c(c3)CCCC4)ccc21. The Hall–Kier alpha value is -2.12. The molecular formula is C20H22N2O3S2. The predicted molar refractivity (Wildman–Crippen MR) is 110 cm³/mol. The molecule has 1 N–H and O–H groups in total. The zero-order chi connectivity index (χ0) is 19.2. The lowest BCUT2D eigenvalue weighted by atomic mass is 9.92. The first kappa shape index (κ1) is 18.3. The van der Waals surface area contributed by atoms with Gasteiger partial charge in [-0.05, 0) is 81.0 Å². The molecule has 0 aliphatic heterocycles. The molecule has 7 heteroatoms. The fourth-order valence-corrected chi connectivity index (χ4v) is 5.83. The van der Waals surface area contributed by atoms with E-state index in [-0.39, 0.29) is 15.8 Å². The number of thiazole rings is 1. The van der Waals surface area contributed by atoms with Crippen molar-refractivity contribution in [3.8, 4) is 0 Å². The molecule has 4 rings (SSSR count). The number of rotatable bonds is 4. The van der Waals surface area contributed by atoms with E-state index in [0.717, 1.165) is 52.8 Å². The molecule has 0 unspecified atom stereocenters. The summed E-state index contributed by atoms with van der Waals surface area (Å²) in [4.78, 5) is 12.4. The van der Waals surface area contributed by atoms with Gasteiger partial charge in [0, 0.05) is 6.04 Å². The molecule has 1 heterocycles. The maximum atomic E-state index is 12.8. The van der Waals surface area contributed by atoms with E-state index in [1.165, 1.54) is 5.56 Å². The van der Waals surface area contributed by atoms with Crippen LogP contribution < -0.4 is 9.60 Å². The molecule has 0 fully saturated rings. The summed E-state index contributed by atoms with van der Waals surface area (Å²) in [7, 11) is -3.67. The summed E-state index contributed by atoms with van der Waals surface area (Å²) >= 11 is 1.13. The Kier molecular flexibility index (Phi) is 4.60. The number of nitrogens with zero attached hydrogens (tertiary/aromatic N) is 1. The molecule has 142 valence electrons. The van der Waals surface area contributed by atoms with Crippen molar-refractivity contribution in [1.82, 2.24) is 4.57 Å². The highest BCUT2D eigenvalue weighted by Gasteiger charge is 2.19. The molecule has 1 aromatic heterocycles. The smallest absolute Gasteiger partial charge is 0.296 e. The summed E-state index contributed by atoms with van der Waals surface area (Å²) in [6, 6.07) is 10.7. The van der Waals surface area contributed by atoms with Crippen LogP contribution in [0.25, 0.3) is 10.2 Å². The number of fused-ring (bicyclic) bond motifs is 2. The average Bonchev–Trinajstić information content (AvgIpc) is 2.96. The zero-order valence-electron chi connectivity index (χ0n) is 15.4. The minimum absolute atomic E-state index is 0.0327. The maximum absolute atomic E-state index is 12.8. The standard InChI is InChI=1S/C20H22N2O3S2/c1-13(2)22-18-10-8-16(12-19(18)26-20(22)23)21-27(24,25)17-9-7-14-5-3-4-6-15(14)11-17/h7-13,21H,3-6H2,1-2H3. The van der Waals surface area contributed by atoms with Crippen LogP contribution in [-0.4, -0.2) is 13.0 Å². The van der Waals surface area contributed by atoms with Gasteiger partial charge in [-0.2, -0.15) is 0 Å². The number of aromatic nitrogens is 1. The van der Waals surface area contributed by atoms with Crippen molar-refractivity contribution in [3.05, 3.63) is 57.2 Å². The van der Waals surface area contributed by atoms with Gasteiger partial charge in [-0.15, -0.1) is 0 Å². The Labute approximate surface area is 162 Å². The lowest BCUT2D eigenvalue weighted by molar-refractivity contribution is 0.600. The van der Waals surface area contributed by atoms with Crippen molar-refractivity contribution in [2.75, 3.05) is 4.72 Å². The first-order valence-electron chi connectivity index (χ1n) is 9.15. The van der Waals surface area contributed by atoms with Crippen molar-refractivity contribution >= 4 is 37.3 Å². The number of aryl methyl sites for hydroxylation is 2. The van der Waals surface area contributed by atoms with Crippen molar-refractivity contribution in [1.29, 1.82) is 0 Å². The van der Waals surface area contributed by atoms with Crippen molar-refractivity contribution < 1.29 is 8.42 Å². The third-order valence-electron chi connectivity index (χ3n) is 5.01. The van der Waals surface area contributed by atoms with Crippen LogP contribution in [0.5, 0.6) is 0 Å². The van der Waals surface area contributed by atoms with E-state index in [9.17, 15) is 13.2 Å². The van der Waals surface area contributed by atoms with E-state index in [1.807, 2.05) is 19.9 Å². The number of sulfonamides is 1. The van der Waals surface area contributed by atoms with Crippen molar-refractivity contribution in [2.45, 2.75) is 50.5 Å². The molecule has 0 saturated carbocycles. The van der Waals surface area contributed by atoms with Gasteiger partial charge in [-0.1, -0.05) is 17.4 Å². The molecule has 0 radical (unpaired) electrons. The third-order valence-corrected chi connectivity index (χ3v) is 7.31. The fraction of sp³-hybridized carbons (Fsp3) is 0.350. The highest BCUT2D eigenvalue weighted by molar-refractivity contribution is 7.92. The molecule has 0 bridgehead atoms. The zero-order valence-corrected chi connectivity index (χ0v) is 17.0. The fourth-order valence-electron chi connectivity index (χ4n) is 3.68. The topological polar surface area (TPSA) is 68.2 Å². The lowest BCUT2D eigenvalue weighted by Gasteiger charge is -2.17. The van der Waals surface area contributed by atoms with Crippen LogP contribution in [0.4, 0.5) is 5.69 Å². The van der Waals surface area contributed by atoms with Crippen LogP contribution in [0.3, 0.4) is 0 Å². The van der Waals surface area contributed by atoms with Crippen LogP contribution in [0.2, 0.25) is 0 Å². The molecule has 3 aromatic rings. The summed E-state index contributed by atoms with van der Waals surface area (Å²) in [6.45, 7) is 3.92. The van der Waals surface area contributed by atoms with Gasteiger partial charge in [-0.3, -0.25) is 14.1 Å². The van der Waals surface area contributed by atoms with E-state index in [2.05, 4.69) is 4.72 Å². The van der Waals surface area contributed by atoms with Gasteiger partial charge in [0.25, 0.3) is 10.0 Å². The van der Waals surface area contributed by atoms with Crippen LogP contribution in [0.15, 0.2) is 46.1 Å². The third kappa shape index (κ3) is 3.41. The van der Waals surface area contributed by atoms with Gasteiger partial charge in [-0.25, -0.2) is 8.42 Å². The van der Waals surface area contributed by atoms with Crippen LogP contribution >= 0.6 is 11.3 Å². The molecule has 2 aromatic carbocycles. The molecule has 5 nitrogen and oxygen atoms in total. The predicted octanol–water partition coefficient (Wildman–Crippen LogP) is 4.32. The summed E-state index contributed by atoms with van der Waals surface area (Å²) < 4.78 is 30.8. The van der Waals surface area contributed by atoms with E-state index in [0.29, 0.717) is 5.69 Å². The number of hydrogen-bond acceptors (Lipinski definition) is 4. The summed E-state index contributed by atoms with van der Waals surface area (Å²) in [5.41, 5.74) is 3.68. The monoisotopic (exact) mass is 402 g/mol. The first-order valence-corrected chi connectivity index (χ1v) is 11.4. The molecule has 0 amide bonds. The van der Waals surface area contributed by atoms with Crippen molar-refractivity contribution in [3.63, 3.8) is 0 Å². The summed E-state index contributed by atoms with van der Waals surface area (Å²) in [6.07, 6.45) is 4.22. The lowest BCUT2D eigenvalue weighted by Crippen LogP contribution is -2.15. The van der Waals surface area contributed by atoms with Crippen LogP contribution in [-0.2, 0) is 22.9 Å². The number of anilines is 1.